The zero-order valence-electron chi connectivity index (χ0n) is 14.1. The fraction of sp³-hybridized carbons (Fsp3) is 0.438. The van der Waals surface area contributed by atoms with E-state index >= 15 is 0 Å². The van der Waals surface area contributed by atoms with Gasteiger partial charge in [-0.15, -0.1) is 0 Å². The summed E-state index contributed by atoms with van der Waals surface area (Å²) in [5.41, 5.74) is -1.50. The first-order valence-corrected chi connectivity index (χ1v) is 7.57. The number of ether oxygens (including phenoxy) is 1. The van der Waals surface area contributed by atoms with Crippen molar-refractivity contribution in [1.29, 1.82) is 0 Å². The minimum atomic E-state index is -1.58. The first kappa shape index (κ1) is 18.8. The predicted molar refractivity (Wildman–Crippen MR) is 83.4 cm³/mol. The summed E-state index contributed by atoms with van der Waals surface area (Å²) in [6.07, 6.45) is 0. The number of imide groups is 1. The van der Waals surface area contributed by atoms with Crippen LogP contribution in [0.5, 0.6) is 0 Å². The Balaban J connectivity index is 2.16. The predicted octanol–water partition coefficient (Wildman–Crippen LogP) is 0.883. The van der Waals surface area contributed by atoms with Gasteiger partial charge in [0.1, 0.15) is 12.1 Å². The van der Waals surface area contributed by atoms with Crippen molar-refractivity contribution in [3.05, 3.63) is 35.4 Å². The third-order valence-corrected chi connectivity index (χ3v) is 3.90. The molecule has 9 heteroatoms. The molecule has 1 aromatic rings. The van der Waals surface area contributed by atoms with Crippen molar-refractivity contribution in [1.82, 2.24) is 15.5 Å². The molecule has 1 aromatic carbocycles. The molecule has 0 unspecified atom stereocenters. The van der Waals surface area contributed by atoms with Crippen LogP contribution in [0.2, 0.25) is 0 Å². The Kier molecular flexibility index (Phi) is 5.36. The minimum absolute atomic E-state index is 0.0837. The SMILES string of the molecule is COC[C@H](C)NC(=O)CN1C(=O)N[C@@](C)(c2ccc(F)c(F)c2)C1=O. The molecule has 0 bridgehead atoms. The summed E-state index contributed by atoms with van der Waals surface area (Å²) in [6, 6.07) is 1.85. The molecule has 2 N–H and O–H groups in total. The molecule has 0 spiro atoms. The number of benzene rings is 1. The number of hydrogen-bond acceptors (Lipinski definition) is 4. The van der Waals surface area contributed by atoms with Gasteiger partial charge in [0, 0.05) is 13.2 Å². The van der Waals surface area contributed by atoms with Crippen LogP contribution < -0.4 is 10.6 Å². The number of hydrogen-bond donors (Lipinski definition) is 2. The summed E-state index contributed by atoms with van der Waals surface area (Å²) in [7, 11) is 1.48. The first-order valence-electron chi connectivity index (χ1n) is 7.57. The molecular weight excluding hydrogens is 336 g/mol. The molecule has 0 aliphatic carbocycles. The van der Waals surface area contributed by atoms with E-state index in [0.717, 1.165) is 17.0 Å². The average Bonchev–Trinajstić information content (AvgIpc) is 2.74. The van der Waals surface area contributed by atoms with Gasteiger partial charge in [-0.2, -0.15) is 0 Å². The Hall–Kier alpha value is -2.55. The van der Waals surface area contributed by atoms with E-state index in [0.29, 0.717) is 0 Å². The molecule has 1 saturated heterocycles. The second kappa shape index (κ2) is 7.14. The van der Waals surface area contributed by atoms with Gasteiger partial charge in [0.2, 0.25) is 5.91 Å². The molecule has 1 aliphatic heterocycles. The zero-order chi connectivity index (χ0) is 18.8. The highest BCUT2D eigenvalue weighted by Gasteiger charge is 2.49. The van der Waals surface area contributed by atoms with E-state index < -0.39 is 41.6 Å². The summed E-state index contributed by atoms with van der Waals surface area (Å²) in [4.78, 5) is 37.4. The van der Waals surface area contributed by atoms with Crippen molar-refractivity contribution in [3.63, 3.8) is 0 Å². The Morgan fingerprint density at radius 2 is 2.04 bits per heavy atom. The van der Waals surface area contributed by atoms with Crippen molar-refractivity contribution in [2.24, 2.45) is 0 Å². The lowest BCUT2D eigenvalue weighted by molar-refractivity contribution is -0.135. The van der Waals surface area contributed by atoms with Gasteiger partial charge in [0.05, 0.1) is 6.61 Å². The number of nitrogens with zero attached hydrogens (tertiary/aromatic N) is 1. The van der Waals surface area contributed by atoms with Crippen molar-refractivity contribution < 1.29 is 27.9 Å². The van der Waals surface area contributed by atoms with Crippen LogP contribution in [0.3, 0.4) is 0 Å². The van der Waals surface area contributed by atoms with Crippen LogP contribution in [0.1, 0.15) is 19.4 Å². The lowest BCUT2D eigenvalue weighted by Gasteiger charge is -2.22. The summed E-state index contributed by atoms with van der Waals surface area (Å²) in [6.45, 7) is 2.86. The van der Waals surface area contributed by atoms with Gasteiger partial charge in [0.25, 0.3) is 5.91 Å². The fourth-order valence-electron chi connectivity index (χ4n) is 2.60. The van der Waals surface area contributed by atoms with Crippen LogP contribution >= 0.6 is 0 Å². The lowest BCUT2D eigenvalue weighted by atomic mass is 9.92. The van der Waals surface area contributed by atoms with Gasteiger partial charge in [-0.25, -0.2) is 13.6 Å². The number of methoxy groups -OCH3 is 1. The molecule has 1 fully saturated rings. The number of nitrogens with one attached hydrogen (secondary N) is 2. The Morgan fingerprint density at radius 3 is 2.64 bits per heavy atom. The molecular formula is C16H19F2N3O4. The lowest BCUT2D eigenvalue weighted by Crippen LogP contribution is -2.45. The number of urea groups is 1. The Labute approximate surface area is 143 Å². The standard InChI is InChI=1S/C16H19F2N3O4/c1-9(8-25-3)19-13(22)7-21-14(23)16(2,20-15(21)24)10-4-5-11(17)12(18)6-10/h4-6,9H,7-8H2,1-3H3,(H,19,22)(H,20,24)/t9-,16-/m0/s1. The average molecular weight is 355 g/mol. The molecule has 25 heavy (non-hydrogen) atoms. The van der Waals surface area contributed by atoms with E-state index in [-0.39, 0.29) is 18.2 Å². The molecule has 0 aromatic heterocycles. The second-order valence-corrected chi connectivity index (χ2v) is 6.00. The highest BCUT2D eigenvalue weighted by atomic mass is 19.2. The summed E-state index contributed by atoms with van der Waals surface area (Å²) >= 11 is 0. The molecule has 4 amide bonds. The van der Waals surface area contributed by atoms with E-state index in [2.05, 4.69) is 10.6 Å². The van der Waals surface area contributed by atoms with Gasteiger partial charge < -0.3 is 15.4 Å². The molecule has 2 atom stereocenters. The van der Waals surface area contributed by atoms with Crippen molar-refractivity contribution in [2.45, 2.75) is 25.4 Å². The van der Waals surface area contributed by atoms with Crippen molar-refractivity contribution >= 4 is 17.8 Å². The molecule has 2 rings (SSSR count). The third-order valence-electron chi connectivity index (χ3n) is 3.90. The molecule has 0 radical (unpaired) electrons. The van der Waals surface area contributed by atoms with Crippen molar-refractivity contribution in [2.75, 3.05) is 20.3 Å². The van der Waals surface area contributed by atoms with E-state index in [1.165, 1.54) is 20.1 Å². The van der Waals surface area contributed by atoms with Crippen molar-refractivity contribution in [3.8, 4) is 0 Å². The molecule has 0 saturated carbocycles. The third kappa shape index (κ3) is 3.76. The molecule has 1 heterocycles. The largest absolute Gasteiger partial charge is 0.383 e. The number of carbonyl (C=O) groups excluding carboxylic acids is 3. The second-order valence-electron chi connectivity index (χ2n) is 6.00. The highest BCUT2D eigenvalue weighted by molar-refractivity contribution is 6.09. The van der Waals surface area contributed by atoms with Gasteiger partial charge in [-0.1, -0.05) is 6.07 Å². The number of halogens is 2. The van der Waals surface area contributed by atoms with Crippen LogP contribution in [0.4, 0.5) is 13.6 Å². The normalized spacial score (nSPS) is 21.2. The van der Waals surface area contributed by atoms with Crippen LogP contribution in [0, 0.1) is 11.6 Å². The van der Waals surface area contributed by atoms with E-state index in [1.807, 2.05) is 0 Å². The molecule has 136 valence electrons. The van der Waals surface area contributed by atoms with Crippen LogP contribution in [-0.2, 0) is 19.9 Å². The summed E-state index contributed by atoms with van der Waals surface area (Å²) in [5.74, 6) is -3.46. The van der Waals surface area contributed by atoms with Gasteiger partial charge >= 0.3 is 6.03 Å². The maximum Gasteiger partial charge on any atom is 0.325 e. The van der Waals surface area contributed by atoms with Gasteiger partial charge in [-0.3, -0.25) is 14.5 Å². The number of rotatable bonds is 6. The molecule has 1 aliphatic rings. The van der Waals surface area contributed by atoms with Crippen LogP contribution in [0.25, 0.3) is 0 Å². The summed E-state index contributed by atoms with van der Waals surface area (Å²) < 4.78 is 31.4. The smallest absolute Gasteiger partial charge is 0.325 e. The maximum absolute atomic E-state index is 13.5. The molecule has 7 nitrogen and oxygen atoms in total. The monoisotopic (exact) mass is 355 g/mol. The van der Waals surface area contributed by atoms with Crippen LogP contribution in [-0.4, -0.2) is 49.0 Å². The highest BCUT2D eigenvalue weighted by Crippen LogP contribution is 2.29. The Bertz CT molecular complexity index is 713. The van der Waals surface area contributed by atoms with Gasteiger partial charge in [-0.05, 0) is 31.5 Å². The fourth-order valence-corrected chi connectivity index (χ4v) is 2.60. The maximum atomic E-state index is 13.5. The van der Waals surface area contributed by atoms with E-state index in [4.69, 9.17) is 4.74 Å². The quantitative estimate of drug-likeness (QED) is 0.742. The van der Waals surface area contributed by atoms with Crippen LogP contribution in [0.15, 0.2) is 18.2 Å². The summed E-state index contributed by atoms with van der Waals surface area (Å²) in [5, 5.41) is 5.01. The van der Waals surface area contributed by atoms with E-state index in [9.17, 15) is 23.2 Å². The number of amides is 4. The van der Waals surface area contributed by atoms with Gasteiger partial charge in [0.15, 0.2) is 11.6 Å². The Morgan fingerprint density at radius 1 is 1.36 bits per heavy atom. The first-order chi connectivity index (χ1) is 11.7. The van der Waals surface area contributed by atoms with E-state index in [1.54, 1.807) is 6.92 Å². The zero-order valence-corrected chi connectivity index (χ0v) is 14.1. The topological polar surface area (TPSA) is 87.7 Å². The minimum Gasteiger partial charge on any atom is -0.383 e. The number of carbonyl (C=O) groups is 3.